The van der Waals surface area contributed by atoms with E-state index < -0.39 is 0 Å². The summed E-state index contributed by atoms with van der Waals surface area (Å²) in [5, 5.41) is 2.31. The minimum atomic E-state index is 0.437. The van der Waals surface area contributed by atoms with Gasteiger partial charge in [0.25, 0.3) is 0 Å². The predicted octanol–water partition coefficient (Wildman–Crippen LogP) is 2.44. The van der Waals surface area contributed by atoms with Crippen molar-refractivity contribution in [2.45, 2.75) is 13.0 Å². The number of fused-ring (bicyclic) bond motifs is 1. The third-order valence-corrected chi connectivity index (χ3v) is 3.73. The second-order valence-electron chi connectivity index (χ2n) is 3.70. The third kappa shape index (κ3) is 1.45. The summed E-state index contributed by atoms with van der Waals surface area (Å²) >= 11 is 1.83. The summed E-state index contributed by atoms with van der Waals surface area (Å²) in [5.41, 5.74) is 2.13. The summed E-state index contributed by atoms with van der Waals surface area (Å²) in [6.45, 7) is 2.15. The molecule has 0 saturated heterocycles. The van der Waals surface area contributed by atoms with Gasteiger partial charge in [-0.3, -0.25) is 4.99 Å². The van der Waals surface area contributed by atoms with Crippen molar-refractivity contribution >= 4 is 27.8 Å². The van der Waals surface area contributed by atoms with Gasteiger partial charge in [0.15, 0.2) is 0 Å². The molecule has 0 bridgehead atoms. The van der Waals surface area contributed by atoms with E-state index in [4.69, 9.17) is 0 Å². The summed E-state index contributed by atoms with van der Waals surface area (Å²) < 4.78 is 0. The van der Waals surface area contributed by atoms with Crippen molar-refractivity contribution in [2.24, 2.45) is 4.99 Å². The SMILES string of the molecule is CC1CSC(c2c[nH]c3ncccc23)=N1. The molecule has 2 aromatic rings. The highest BCUT2D eigenvalue weighted by atomic mass is 32.2. The van der Waals surface area contributed by atoms with Crippen molar-refractivity contribution in [3.05, 3.63) is 30.1 Å². The van der Waals surface area contributed by atoms with E-state index in [1.54, 1.807) is 6.20 Å². The van der Waals surface area contributed by atoms with Gasteiger partial charge in [0.1, 0.15) is 10.7 Å². The number of rotatable bonds is 1. The maximum absolute atomic E-state index is 4.61. The van der Waals surface area contributed by atoms with E-state index >= 15 is 0 Å². The molecule has 1 aliphatic rings. The van der Waals surface area contributed by atoms with Crippen molar-refractivity contribution in [2.75, 3.05) is 5.75 Å². The minimum Gasteiger partial charge on any atom is -0.345 e. The quantitative estimate of drug-likeness (QED) is 0.797. The molecule has 0 radical (unpaired) electrons. The number of thioether (sulfide) groups is 1. The van der Waals surface area contributed by atoms with Gasteiger partial charge in [-0.15, -0.1) is 11.8 Å². The number of aromatic nitrogens is 2. The first-order valence-electron chi connectivity index (χ1n) is 4.97. The van der Waals surface area contributed by atoms with Crippen LogP contribution in [0, 0.1) is 0 Å². The van der Waals surface area contributed by atoms with E-state index in [9.17, 15) is 0 Å². The first kappa shape index (κ1) is 8.97. The van der Waals surface area contributed by atoms with Crippen molar-refractivity contribution < 1.29 is 0 Å². The lowest BCUT2D eigenvalue weighted by Gasteiger charge is -1.95. The summed E-state index contributed by atoms with van der Waals surface area (Å²) in [6.07, 6.45) is 3.80. The van der Waals surface area contributed by atoms with Crippen LogP contribution in [0.25, 0.3) is 11.0 Å². The fourth-order valence-electron chi connectivity index (χ4n) is 1.75. The highest BCUT2D eigenvalue weighted by Gasteiger charge is 2.18. The number of aromatic amines is 1. The Bertz CT molecular complexity index is 529. The van der Waals surface area contributed by atoms with Crippen LogP contribution in [0.15, 0.2) is 29.5 Å². The molecule has 3 rings (SSSR count). The number of aliphatic imine (C=N–C) groups is 1. The number of H-pyrrole nitrogens is 1. The monoisotopic (exact) mass is 217 g/mol. The lowest BCUT2D eigenvalue weighted by molar-refractivity contribution is 0.865. The molecular formula is C11H11N3S. The Balaban J connectivity index is 2.15. The molecule has 15 heavy (non-hydrogen) atoms. The Hall–Kier alpha value is -1.29. The average Bonchev–Trinajstić information content (AvgIpc) is 2.83. The molecule has 76 valence electrons. The molecule has 1 atom stereocenters. The van der Waals surface area contributed by atoms with Crippen LogP contribution in [-0.2, 0) is 0 Å². The van der Waals surface area contributed by atoms with E-state index in [2.05, 4.69) is 28.0 Å². The van der Waals surface area contributed by atoms with Crippen LogP contribution in [0.2, 0.25) is 0 Å². The molecule has 0 spiro atoms. The van der Waals surface area contributed by atoms with Gasteiger partial charge < -0.3 is 4.98 Å². The third-order valence-electron chi connectivity index (χ3n) is 2.48. The lowest BCUT2D eigenvalue weighted by atomic mass is 10.2. The van der Waals surface area contributed by atoms with Crippen LogP contribution >= 0.6 is 11.8 Å². The molecule has 1 unspecified atom stereocenters. The topological polar surface area (TPSA) is 41.0 Å². The van der Waals surface area contributed by atoms with Crippen LogP contribution in [-0.4, -0.2) is 26.8 Å². The number of hydrogen-bond acceptors (Lipinski definition) is 3. The summed E-state index contributed by atoms with van der Waals surface area (Å²) in [4.78, 5) is 12.1. The van der Waals surface area contributed by atoms with Gasteiger partial charge in [-0.05, 0) is 19.1 Å². The van der Waals surface area contributed by atoms with Crippen LogP contribution < -0.4 is 0 Å². The van der Waals surface area contributed by atoms with Gasteiger partial charge in [-0.2, -0.15) is 0 Å². The van der Waals surface area contributed by atoms with E-state index in [0.717, 1.165) is 21.8 Å². The Morgan fingerprint density at radius 1 is 1.53 bits per heavy atom. The van der Waals surface area contributed by atoms with Crippen LogP contribution in [0.5, 0.6) is 0 Å². The van der Waals surface area contributed by atoms with Gasteiger partial charge in [0.05, 0.1) is 6.04 Å². The molecule has 0 aromatic carbocycles. The number of pyridine rings is 1. The summed E-state index contributed by atoms with van der Waals surface area (Å²) in [7, 11) is 0. The second kappa shape index (κ2) is 3.38. The van der Waals surface area contributed by atoms with E-state index in [-0.39, 0.29) is 0 Å². The molecule has 0 saturated carbocycles. The minimum absolute atomic E-state index is 0.437. The Morgan fingerprint density at radius 3 is 3.27 bits per heavy atom. The molecule has 1 aliphatic heterocycles. The number of hydrogen-bond donors (Lipinski definition) is 1. The fourth-order valence-corrected chi connectivity index (χ4v) is 2.81. The van der Waals surface area contributed by atoms with Crippen LogP contribution in [0.4, 0.5) is 0 Å². The van der Waals surface area contributed by atoms with Crippen molar-refractivity contribution in [1.82, 2.24) is 9.97 Å². The predicted molar refractivity (Wildman–Crippen MR) is 64.6 cm³/mol. The maximum atomic E-state index is 4.61. The van der Waals surface area contributed by atoms with Crippen LogP contribution in [0.1, 0.15) is 12.5 Å². The Morgan fingerprint density at radius 2 is 2.47 bits per heavy atom. The molecule has 0 aliphatic carbocycles. The molecule has 2 aromatic heterocycles. The number of nitrogens with zero attached hydrogens (tertiary/aromatic N) is 2. The smallest absolute Gasteiger partial charge is 0.137 e. The number of nitrogens with one attached hydrogen (secondary N) is 1. The maximum Gasteiger partial charge on any atom is 0.137 e. The van der Waals surface area contributed by atoms with Crippen molar-refractivity contribution in [3.63, 3.8) is 0 Å². The van der Waals surface area contributed by atoms with Crippen molar-refractivity contribution in [1.29, 1.82) is 0 Å². The average molecular weight is 217 g/mol. The van der Waals surface area contributed by atoms with Crippen molar-refractivity contribution in [3.8, 4) is 0 Å². The standard InChI is InChI=1S/C11H11N3S/c1-7-6-15-11(14-7)9-5-13-10-8(9)3-2-4-12-10/h2-5,7H,6H2,1H3,(H,12,13). The highest BCUT2D eigenvalue weighted by molar-refractivity contribution is 8.14. The van der Waals surface area contributed by atoms with Gasteiger partial charge in [0.2, 0.25) is 0 Å². The van der Waals surface area contributed by atoms with E-state index in [1.807, 2.05) is 24.0 Å². The Labute approximate surface area is 92.0 Å². The molecule has 1 N–H and O–H groups in total. The fraction of sp³-hybridized carbons (Fsp3) is 0.273. The zero-order chi connectivity index (χ0) is 10.3. The first-order chi connectivity index (χ1) is 7.34. The Kier molecular flexibility index (Phi) is 2.02. The van der Waals surface area contributed by atoms with Gasteiger partial charge in [-0.25, -0.2) is 4.98 Å². The van der Waals surface area contributed by atoms with Gasteiger partial charge in [0, 0.05) is 29.1 Å². The summed E-state index contributed by atoms with van der Waals surface area (Å²) in [6, 6.07) is 4.48. The molecular weight excluding hydrogens is 206 g/mol. The van der Waals surface area contributed by atoms with Gasteiger partial charge >= 0.3 is 0 Å². The molecule has 3 heterocycles. The van der Waals surface area contributed by atoms with Crippen LogP contribution in [0.3, 0.4) is 0 Å². The zero-order valence-electron chi connectivity index (χ0n) is 8.40. The van der Waals surface area contributed by atoms with E-state index in [0.29, 0.717) is 6.04 Å². The lowest BCUT2D eigenvalue weighted by Crippen LogP contribution is -1.93. The van der Waals surface area contributed by atoms with E-state index in [1.165, 1.54) is 5.56 Å². The zero-order valence-corrected chi connectivity index (χ0v) is 9.21. The summed E-state index contributed by atoms with van der Waals surface area (Å²) in [5.74, 6) is 1.09. The molecule has 4 heteroatoms. The normalized spacial score (nSPS) is 20.9. The molecule has 0 fully saturated rings. The molecule has 3 nitrogen and oxygen atoms in total. The first-order valence-corrected chi connectivity index (χ1v) is 5.96. The second-order valence-corrected chi connectivity index (χ2v) is 4.70. The largest absolute Gasteiger partial charge is 0.345 e. The van der Waals surface area contributed by atoms with Gasteiger partial charge in [-0.1, -0.05) is 0 Å². The highest BCUT2D eigenvalue weighted by Crippen LogP contribution is 2.27. The molecule has 0 amide bonds.